The molecule has 1 aromatic heterocycles. The number of rotatable bonds is 3. The number of halogens is 1. The topological polar surface area (TPSA) is 37.8 Å². The smallest absolute Gasteiger partial charge is 0.137 e. The number of nitrogens with zero attached hydrogens (tertiary/aromatic N) is 2. The van der Waals surface area contributed by atoms with Crippen LogP contribution in [0.4, 0.5) is 5.82 Å². The van der Waals surface area contributed by atoms with E-state index in [0.717, 1.165) is 29.0 Å². The molecule has 2 saturated carbocycles. The molecule has 3 rings (SSSR count). The zero-order valence-electron chi connectivity index (χ0n) is 12.6. The van der Waals surface area contributed by atoms with Crippen LogP contribution in [-0.4, -0.2) is 16.0 Å². The highest BCUT2D eigenvalue weighted by Crippen LogP contribution is 2.40. The van der Waals surface area contributed by atoms with Crippen LogP contribution in [0.1, 0.15) is 63.3 Å². The van der Waals surface area contributed by atoms with E-state index in [1.165, 1.54) is 32.1 Å². The number of nitrogens with one attached hydrogen (secondary N) is 1. The maximum atomic E-state index is 6.27. The molecule has 0 aliphatic heterocycles. The predicted molar refractivity (Wildman–Crippen MR) is 83.3 cm³/mol. The van der Waals surface area contributed by atoms with Crippen molar-refractivity contribution >= 4 is 17.4 Å². The molecule has 1 heterocycles. The van der Waals surface area contributed by atoms with Gasteiger partial charge in [0.2, 0.25) is 0 Å². The number of aromatic nitrogens is 2. The van der Waals surface area contributed by atoms with E-state index in [4.69, 9.17) is 16.6 Å². The van der Waals surface area contributed by atoms with Crippen LogP contribution in [0.2, 0.25) is 5.15 Å². The molecule has 2 unspecified atom stereocenters. The van der Waals surface area contributed by atoms with Crippen LogP contribution in [0.15, 0.2) is 0 Å². The molecule has 0 amide bonds. The van der Waals surface area contributed by atoms with Gasteiger partial charge in [-0.3, -0.25) is 0 Å². The summed E-state index contributed by atoms with van der Waals surface area (Å²) in [5, 5.41) is 4.25. The van der Waals surface area contributed by atoms with E-state index in [9.17, 15) is 0 Å². The second kappa shape index (κ2) is 5.51. The third-order valence-electron chi connectivity index (χ3n) is 4.57. The fraction of sp³-hybridized carbons (Fsp3) is 0.750. The van der Waals surface area contributed by atoms with Crippen LogP contribution in [0, 0.1) is 18.8 Å². The summed E-state index contributed by atoms with van der Waals surface area (Å²) in [6.45, 7) is 6.70. The van der Waals surface area contributed by atoms with E-state index < -0.39 is 0 Å². The fourth-order valence-corrected chi connectivity index (χ4v) is 3.60. The molecule has 2 aliphatic rings. The van der Waals surface area contributed by atoms with Gasteiger partial charge < -0.3 is 5.32 Å². The first-order valence-corrected chi connectivity index (χ1v) is 8.21. The Hall–Kier alpha value is -0.830. The van der Waals surface area contributed by atoms with Gasteiger partial charge >= 0.3 is 0 Å². The molecule has 0 spiro atoms. The summed E-state index contributed by atoms with van der Waals surface area (Å²) in [6.07, 6.45) is 6.20. The third-order valence-corrected chi connectivity index (χ3v) is 4.93. The SMILES string of the molecule is Cc1c(Cl)nc(C2CC2)nc1NC1CC(C)CC(C)C1. The van der Waals surface area contributed by atoms with Gasteiger partial charge in [-0.25, -0.2) is 9.97 Å². The van der Waals surface area contributed by atoms with Gasteiger partial charge in [0.1, 0.15) is 16.8 Å². The standard InChI is InChI=1S/C16H24ClN3/c1-9-6-10(2)8-13(7-9)18-15-11(3)14(17)19-16(20-15)12-4-5-12/h9-10,12-13H,4-8H2,1-3H3,(H,18,19,20). The second-order valence-electron chi connectivity index (χ2n) is 6.88. The first kappa shape index (κ1) is 14.1. The van der Waals surface area contributed by atoms with E-state index in [-0.39, 0.29) is 0 Å². The van der Waals surface area contributed by atoms with Crippen LogP contribution in [-0.2, 0) is 0 Å². The Morgan fingerprint density at radius 1 is 1.05 bits per heavy atom. The van der Waals surface area contributed by atoms with Gasteiger partial charge in [-0.2, -0.15) is 0 Å². The monoisotopic (exact) mass is 293 g/mol. The van der Waals surface area contributed by atoms with E-state index >= 15 is 0 Å². The first-order chi connectivity index (χ1) is 9.52. The maximum Gasteiger partial charge on any atom is 0.137 e. The van der Waals surface area contributed by atoms with Crippen LogP contribution >= 0.6 is 11.6 Å². The molecular formula is C16H24ClN3. The number of hydrogen-bond donors (Lipinski definition) is 1. The van der Waals surface area contributed by atoms with Crippen LogP contribution in [0.3, 0.4) is 0 Å². The molecule has 2 atom stereocenters. The molecule has 2 aliphatic carbocycles. The van der Waals surface area contributed by atoms with E-state index in [1.807, 2.05) is 6.92 Å². The average molecular weight is 294 g/mol. The molecule has 20 heavy (non-hydrogen) atoms. The highest BCUT2D eigenvalue weighted by Gasteiger charge is 2.29. The van der Waals surface area contributed by atoms with Gasteiger partial charge in [0, 0.05) is 17.5 Å². The van der Waals surface area contributed by atoms with Gasteiger partial charge in [0.15, 0.2) is 0 Å². The number of anilines is 1. The van der Waals surface area contributed by atoms with Crippen molar-refractivity contribution in [1.82, 2.24) is 9.97 Å². The first-order valence-electron chi connectivity index (χ1n) is 7.83. The summed E-state index contributed by atoms with van der Waals surface area (Å²) in [5.74, 6) is 4.00. The Balaban J connectivity index is 1.79. The Bertz CT molecular complexity index is 489. The lowest BCUT2D eigenvalue weighted by Crippen LogP contribution is -2.31. The third kappa shape index (κ3) is 3.08. The molecule has 1 N–H and O–H groups in total. The zero-order valence-corrected chi connectivity index (χ0v) is 13.4. The Kier molecular flexibility index (Phi) is 3.89. The molecule has 2 fully saturated rings. The summed E-state index contributed by atoms with van der Waals surface area (Å²) >= 11 is 6.27. The fourth-order valence-electron chi connectivity index (χ4n) is 3.43. The van der Waals surface area contributed by atoms with Crippen molar-refractivity contribution in [2.45, 2.75) is 64.8 Å². The van der Waals surface area contributed by atoms with Gasteiger partial charge in [-0.05, 0) is 50.9 Å². The lowest BCUT2D eigenvalue weighted by atomic mass is 9.80. The normalized spacial score (nSPS) is 30.3. The molecule has 0 radical (unpaired) electrons. The van der Waals surface area contributed by atoms with Crippen molar-refractivity contribution in [3.05, 3.63) is 16.5 Å². The van der Waals surface area contributed by atoms with Crippen molar-refractivity contribution in [3.63, 3.8) is 0 Å². The molecular weight excluding hydrogens is 270 g/mol. The van der Waals surface area contributed by atoms with Crippen LogP contribution in [0.5, 0.6) is 0 Å². The summed E-state index contributed by atoms with van der Waals surface area (Å²) in [4.78, 5) is 9.17. The summed E-state index contributed by atoms with van der Waals surface area (Å²) in [5.41, 5.74) is 0.988. The summed E-state index contributed by atoms with van der Waals surface area (Å²) in [6, 6.07) is 0.519. The highest BCUT2D eigenvalue weighted by atomic mass is 35.5. The molecule has 3 nitrogen and oxygen atoms in total. The van der Waals surface area contributed by atoms with E-state index in [0.29, 0.717) is 17.1 Å². The van der Waals surface area contributed by atoms with E-state index in [1.54, 1.807) is 0 Å². The highest BCUT2D eigenvalue weighted by molar-refractivity contribution is 6.30. The lowest BCUT2D eigenvalue weighted by molar-refractivity contribution is 0.280. The van der Waals surface area contributed by atoms with Gasteiger partial charge in [0.05, 0.1) is 0 Å². The number of hydrogen-bond acceptors (Lipinski definition) is 3. The van der Waals surface area contributed by atoms with Crippen molar-refractivity contribution in [3.8, 4) is 0 Å². The van der Waals surface area contributed by atoms with Crippen molar-refractivity contribution in [1.29, 1.82) is 0 Å². The lowest BCUT2D eigenvalue weighted by Gasteiger charge is -2.32. The predicted octanol–water partition coefficient (Wildman–Crippen LogP) is 4.55. The zero-order chi connectivity index (χ0) is 14.3. The van der Waals surface area contributed by atoms with Gasteiger partial charge in [-0.1, -0.05) is 25.4 Å². The van der Waals surface area contributed by atoms with E-state index in [2.05, 4.69) is 24.1 Å². The molecule has 110 valence electrons. The minimum absolute atomic E-state index is 0.519. The van der Waals surface area contributed by atoms with Crippen molar-refractivity contribution < 1.29 is 0 Å². The Morgan fingerprint density at radius 2 is 1.70 bits per heavy atom. The second-order valence-corrected chi connectivity index (χ2v) is 7.24. The Morgan fingerprint density at radius 3 is 2.30 bits per heavy atom. The van der Waals surface area contributed by atoms with Gasteiger partial charge in [-0.15, -0.1) is 0 Å². The molecule has 0 aromatic carbocycles. The average Bonchev–Trinajstić information content (AvgIpc) is 3.17. The molecule has 0 saturated heterocycles. The maximum absolute atomic E-state index is 6.27. The van der Waals surface area contributed by atoms with Crippen molar-refractivity contribution in [2.75, 3.05) is 5.32 Å². The minimum atomic E-state index is 0.519. The van der Waals surface area contributed by atoms with Crippen LogP contribution < -0.4 is 5.32 Å². The van der Waals surface area contributed by atoms with Crippen molar-refractivity contribution in [2.24, 2.45) is 11.8 Å². The summed E-state index contributed by atoms with van der Waals surface area (Å²) < 4.78 is 0. The van der Waals surface area contributed by atoms with Crippen LogP contribution in [0.25, 0.3) is 0 Å². The quantitative estimate of drug-likeness (QED) is 0.831. The molecule has 4 heteroatoms. The largest absolute Gasteiger partial charge is 0.367 e. The molecule has 1 aromatic rings. The summed E-state index contributed by atoms with van der Waals surface area (Å²) in [7, 11) is 0. The Labute approximate surface area is 126 Å². The van der Waals surface area contributed by atoms with Gasteiger partial charge in [0.25, 0.3) is 0 Å². The molecule has 0 bridgehead atoms. The minimum Gasteiger partial charge on any atom is -0.367 e.